The van der Waals surface area contributed by atoms with Gasteiger partial charge in [0.2, 0.25) is 0 Å². The average Bonchev–Trinajstić information content (AvgIpc) is 2.56. The molecule has 2 aromatic carbocycles. The van der Waals surface area contributed by atoms with E-state index in [1.807, 2.05) is 54.8 Å². The fraction of sp³-hybridized carbons (Fsp3) is 0.0556. The van der Waals surface area contributed by atoms with E-state index in [0.29, 0.717) is 10.7 Å². The van der Waals surface area contributed by atoms with Crippen molar-refractivity contribution in [3.8, 4) is 11.8 Å². The van der Waals surface area contributed by atoms with Gasteiger partial charge in [0.1, 0.15) is 16.7 Å². The van der Waals surface area contributed by atoms with Crippen LogP contribution in [-0.4, -0.2) is 6.26 Å². The summed E-state index contributed by atoms with van der Waals surface area (Å²) in [5, 5.41) is 9.25. The van der Waals surface area contributed by atoms with E-state index in [4.69, 9.17) is 4.74 Å². The predicted octanol–water partition coefficient (Wildman–Crippen LogP) is 4.61. The highest BCUT2D eigenvalue weighted by Gasteiger charge is 2.20. The smallest absolute Gasteiger partial charge is 0.152 e. The molecule has 102 valence electrons. The van der Waals surface area contributed by atoms with Crippen LogP contribution in [0.3, 0.4) is 0 Å². The lowest BCUT2D eigenvalue weighted by Gasteiger charge is -2.21. The normalized spacial score (nSPS) is 15.3. The number of nitriles is 1. The largest absolute Gasteiger partial charge is 0.455 e. The molecule has 0 N–H and O–H groups in total. The van der Waals surface area contributed by atoms with Crippen molar-refractivity contribution in [3.63, 3.8) is 0 Å². The molecular formula is C18H13NOS. The molecule has 0 saturated carbocycles. The van der Waals surface area contributed by atoms with Crippen LogP contribution in [-0.2, 0) is 0 Å². The predicted molar refractivity (Wildman–Crippen MR) is 86.7 cm³/mol. The second-order valence-corrected chi connectivity index (χ2v) is 5.35. The lowest BCUT2D eigenvalue weighted by atomic mass is 9.95. The Balaban J connectivity index is 2.22. The van der Waals surface area contributed by atoms with Gasteiger partial charge in [-0.05, 0) is 29.5 Å². The van der Waals surface area contributed by atoms with E-state index in [9.17, 15) is 5.26 Å². The first-order chi connectivity index (χ1) is 10.3. The van der Waals surface area contributed by atoms with Gasteiger partial charge >= 0.3 is 0 Å². The maximum Gasteiger partial charge on any atom is 0.152 e. The SMILES string of the molecule is CS/C(C#N)=C1\C=C(c2ccccc2)c2ccccc2O1. The van der Waals surface area contributed by atoms with Gasteiger partial charge in [-0.15, -0.1) is 11.8 Å². The van der Waals surface area contributed by atoms with E-state index in [-0.39, 0.29) is 0 Å². The van der Waals surface area contributed by atoms with E-state index >= 15 is 0 Å². The van der Waals surface area contributed by atoms with Gasteiger partial charge in [-0.25, -0.2) is 0 Å². The average molecular weight is 291 g/mol. The molecule has 0 saturated heterocycles. The molecule has 21 heavy (non-hydrogen) atoms. The van der Waals surface area contributed by atoms with E-state index in [0.717, 1.165) is 22.4 Å². The highest BCUT2D eigenvalue weighted by molar-refractivity contribution is 8.02. The summed E-state index contributed by atoms with van der Waals surface area (Å²) in [6.45, 7) is 0. The molecule has 1 aliphatic rings. The molecular weight excluding hydrogens is 278 g/mol. The maximum atomic E-state index is 9.25. The molecule has 0 amide bonds. The number of hydrogen-bond donors (Lipinski definition) is 0. The number of thioether (sulfide) groups is 1. The van der Waals surface area contributed by atoms with E-state index in [1.165, 1.54) is 11.8 Å². The molecule has 0 unspecified atom stereocenters. The van der Waals surface area contributed by atoms with E-state index in [1.54, 1.807) is 0 Å². The van der Waals surface area contributed by atoms with Gasteiger partial charge in [0.05, 0.1) is 0 Å². The number of allylic oxidation sites excluding steroid dienone is 2. The highest BCUT2D eigenvalue weighted by atomic mass is 32.2. The van der Waals surface area contributed by atoms with Crippen molar-refractivity contribution in [2.24, 2.45) is 0 Å². The van der Waals surface area contributed by atoms with E-state index < -0.39 is 0 Å². The van der Waals surface area contributed by atoms with Crippen molar-refractivity contribution in [3.05, 3.63) is 82.5 Å². The van der Waals surface area contributed by atoms with Crippen molar-refractivity contribution in [1.82, 2.24) is 0 Å². The van der Waals surface area contributed by atoms with Crippen LogP contribution < -0.4 is 4.74 Å². The van der Waals surface area contributed by atoms with Crippen LogP contribution in [0.25, 0.3) is 5.57 Å². The van der Waals surface area contributed by atoms with Gasteiger partial charge in [0.15, 0.2) is 5.76 Å². The Morgan fingerprint density at radius 3 is 2.48 bits per heavy atom. The summed E-state index contributed by atoms with van der Waals surface area (Å²) in [6, 6.07) is 20.2. The van der Waals surface area contributed by atoms with Gasteiger partial charge in [0.25, 0.3) is 0 Å². The molecule has 1 heterocycles. The minimum atomic E-state index is 0.581. The molecule has 2 nitrogen and oxygen atoms in total. The molecule has 0 aromatic heterocycles. The summed E-state index contributed by atoms with van der Waals surface area (Å²) >= 11 is 1.40. The zero-order chi connectivity index (χ0) is 14.7. The Bertz CT molecular complexity index is 769. The first-order valence-corrected chi connectivity index (χ1v) is 7.78. The summed E-state index contributed by atoms with van der Waals surface area (Å²) in [4.78, 5) is 0.581. The summed E-state index contributed by atoms with van der Waals surface area (Å²) in [5.74, 6) is 1.40. The first kappa shape index (κ1) is 13.5. The van der Waals surface area contributed by atoms with Crippen LogP contribution >= 0.6 is 11.8 Å². The van der Waals surface area contributed by atoms with Gasteiger partial charge < -0.3 is 4.74 Å². The summed E-state index contributed by atoms with van der Waals surface area (Å²) in [5.41, 5.74) is 3.24. The minimum absolute atomic E-state index is 0.581. The standard InChI is InChI=1S/C18H13NOS/c1-21-18(12-19)17-11-15(13-7-3-2-4-8-13)14-9-5-6-10-16(14)20-17/h2-11H,1H3/b18-17+. The maximum absolute atomic E-state index is 9.25. The molecule has 0 fully saturated rings. The molecule has 0 radical (unpaired) electrons. The van der Waals surface area contributed by atoms with Crippen molar-refractivity contribution >= 4 is 17.3 Å². The zero-order valence-electron chi connectivity index (χ0n) is 11.5. The molecule has 3 rings (SSSR count). The van der Waals surface area contributed by atoms with Gasteiger partial charge in [0, 0.05) is 5.56 Å². The number of benzene rings is 2. The molecule has 0 bridgehead atoms. The Labute approximate surface area is 128 Å². The molecule has 2 aromatic rings. The number of para-hydroxylation sites is 1. The fourth-order valence-electron chi connectivity index (χ4n) is 2.30. The first-order valence-electron chi connectivity index (χ1n) is 6.56. The summed E-state index contributed by atoms with van der Waals surface area (Å²) in [7, 11) is 0. The quantitative estimate of drug-likeness (QED) is 0.758. The number of fused-ring (bicyclic) bond motifs is 1. The van der Waals surface area contributed by atoms with Crippen LogP contribution in [0, 0.1) is 11.3 Å². The third-order valence-corrected chi connectivity index (χ3v) is 3.99. The zero-order valence-corrected chi connectivity index (χ0v) is 12.4. The summed E-state index contributed by atoms with van der Waals surface area (Å²) < 4.78 is 5.89. The summed E-state index contributed by atoms with van der Waals surface area (Å²) in [6.07, 6.45) is 3.83. The van der Waals surface area contributed by atoms with Gasteiger partial charge in [-0.3, -0.25) is 0 Å². The Morgan fingerprint density at radius 2 is 1.76 bits per heavy atom. The van der Waals surface area contributed by atoms with Crippen LogP contribution in [0.15, 0.2) is 71.3 Å². The Kier molecular flexibility index (Phi) is 3.81. The third kappa shape index (κ3) is 2.58. The molecule has 0 spiro atoms. The lowest BCUT2D eigenvalue weighted by molar-refractivity contribution is 0.438. The van der Waals surface area contributed by atoms with Crippen molar-refractivity contribution in [2.75, 3.05) is 6.26 Å². The lowest BCUT2D eigenvalue weighted by Crippen LogP contribution is -2.05. The minimum Gasteiger partial charge on any atom is -0.455 e. The van der Waals surface area contributed by atoms with Gasteiger partial charge in [-0.2, -0.15) is 5.26 Å². The number of ether oxygens (including phenoxy) is 1. The fourth-order valence-corrected chi connectivity index (χ4v) is 2.70. The molecule has 0 aliphatic carbocycles. The van der Waals surface area contributed by atoms with Crippen molar-refractivity contribution in [2.45, 2.75) is 0 Å². The van der Waals surface area contributed by atoms with Crippen LogP contribution in [0.5, 0.6) is 5.75 Å². The number of hydrogen-bond acceptors (Lipinski definition) is 3. The molecule has 0 atom stereocenters. The van der Waals surface area contributed by atoms with E-state index in [2.05, 4.69) is 18.2 Å². The van der Waals surface area contributed by atoms with Crippen molar-refractivity contribution < 1.29 is 4.74 Å². The second-order valence-electron chi connectivity index (χ2n) is 4.53. The van der Waals surface area contributed by atoms with Crippen LogP contribution in [0.4, 0.5) is 0 Å². The second kappa shape index (κ2) is 5.90. The topological polar surface area (TPSA) is 33.0 Å². The monoisotopic (exact) mass is 291 g/mol. The Hall–Kier alpha value is -2.44. The van der Waals surface area contributed by atoms with Crippen molar-refractivity contribution in [1.29, 1.82) is 5.26 Å². The Morgan fingerprint density at radius 1 is 1.05 bits per heavy atom. The molecule has 1 aliphatic heterocycles. The van der Waals surface area contributed by atoms with Crippen LogP contribution in [0.2, 0.25) is 0 Å². The van der Waals surface area contributed by atoms with Crippen LogP contribution in [0.1, 0.15) is 11.1 Å². The number of nitrogens with zero attached hydrogens (tertiary/aromatic N) is 1. The third-order valence-electron chi connectivity index (χ3n) is 3.29. The molecule has 3 heteroatoms. The van der Waals surface area contributed by atoms with Gasteiger partial charge in [-0.1, -0.05) is 48.5 Å². The number of rotatable bonds is 2. The highest BCUT2D eigenvalue weighted by Crippen LogP contribution is 2.38.